The second kappa shape index (κ2) is 8.03. The predicted octanol–water partition coefficient (Wildman–Crippen LogP) is 7.43. The average Bonchev–Trinajstić information content (AvgIpc) is 3.29. The molecule has 3 aliphatic rings. The summed E-state index contributed by atoms with van der Waals surface area (Å²) in [5.74, 6) is 0. The van der Waals surface area contributed by atoms with Gasteiger partial charge >= 0.3 is 7.12 Å². The number of nitrogens with zero attached hydrogens (tertiary/aromatic N) is 1. The lowest BCUT2D eigenvalue weighted by molar-refractivity contribution is 0.00578. The molecule has 2 heterocycles. The number of rotatable bonds is 2. The van der Waals surface area contributed by atoms with Crippen LogP contribution < -0.4 is 5.46 Å². The Bertz CT molecular complexity index is 1510. The minimum absolute atomic E-state index is 0.0847. The molecule has 0 atom stereocenters. The van der Waals surface area contributed by atoms with E-state index in [0.29, 0.717) is 0 Å². The van der Waals surface area contributed by atoms with Crippen LogP contribution in [0.5, 0.6) is 0 Å². The Morgan fingerprint density at radius 3 is 2.27 bits per heavy atom. The van der Waals surface area contributed by atoms with Gasteiger partial charge in [-0.05, 0) is 97.6 Å². The van der Waals surface area contributed by atoms with E-state index in [4.69, 9.17) is 9.31 Å². The number of hydrogen-bond acceptors (Lipinski definition) is 3. The van der Waals surface area contributed by atoms with Gasteiger partial charge in [-0.3, -0.25) is 4.98 Å². The summed E-state index contributed by atoms with van der Waals surface area (Å²) < 4.78 is 12.9. The molecule has 2 fully saturated rings. The third-order valence-electron chi connectivity index (χ3n) is 9.57. The second-order valence-electron chi connectivity index (χ2n) is 12.2. The van der Waals surface area contributed by atoms with Gasteiger partial charge in [-0.25, -0.2) is 0 Å². The summed E-state index contributed by atoms with van der Waals surface area (Å²) in [6.45, 7) is 8.51. The lowest BCUT2D eigenvalue weighted by Crippen LogP contribution is -2.41. The zero-order chi connectivity index (χ0) is 25.4. The maximum atomic E-state index is 6.45. The molecule has 2 aliphatic carbocycles. The lowest BCUT2D eigenvalue weighted by atomic mass is 9.66. The smallest absolute Gasteiger partial charge is 0.399 e. The first-order chi connectivity index (χ1) is 17.8. The van der Waals surface area contributed by atoms with Gasteiger partial charge in [0.2, 0.25) is 0 Å². The summed E-state index contributed by atoms with van der Waals surface area (Å²) in [5, 5.41) is 1.20. The van der Waals surface area contributed by atoms with E-state index in [0.717, 1.165) is 11.0 Å². The highest BCUT2D eigenvalue weighted by molar-refractivity contribution is 6.62. The molecule has 7 rings (SSSR count). The molecule has 4 aromatic rings. The third kappa shape index (κ3) is 3.38. The largest absolute Gasteiger partial charge is 0.494 e. The van der Waals surface area contributed by atoms with E-state index >= 15 is 0 Å². The highest BCUT2D eigenvalue weighted by Crippen LogP contribution is 2.56. The molecule has 0 N–H and O–H groups in total. The molecule has 0 radical (unpaired) electrons. The summed E-state index contributed by atoms with van der Waals surface area (Å²) in [5.41, 5.74) is 9.79. The zero-order valence-corrected chi connectivity index (χ0v) is 22.3. The number of pyridine rings is 1. The maximum Gasteiger partial charge on any atom is 0.494 e. The van der Waals surface area contributed by atoms with Crippen molar-refractivity contribution in [3.8, 4) is 22.3 Å². The van der Waals surface area contributed by atoms with E-state index in [1.54, 1.807) is 0 Å². The van der Waals surface area contributed by atoms with Crippen molar-refractivity contribution in [1.82, 2.24) is 4.98 Å². The second-order valence-corrected chi connectivity index (χ2v) is 12.2. The molecule has 0 unspecified atom stereocenters. The van der Waals surface area contributed by atoms with Crippen molar-refractivity contribution in [1.29, 1.82) is 0 Å². The van der Waals surface area contributed by atoms with Gasteiger partial charge in [0, 0.05) is 17.0 Å². The fourth-order valence-corrected chi connectivity index (χ4v) is 6.86. The van der Waals surface area contributed by atoms with Gasteiger partial charge in [0.05, 0.1) is 16.7 Å². The number of hydrogen-bond donors (Lipinski definition) is 0. The first-order valence-corrected chi connectivity index (χ1v) is 13.8. The molecule has 1 aromatic heterocycles. The summed E-state index contributed by atoms with van der Waals surface area (Å²) >= 11 is 0. The van der Waals surface area contributed by atoms with Crippen molar-refractivity contribution in [2.24, 2.45) is 0 Å². The SMILES string of the molecule is CC1(C)OB(c2ccc3c(c2)C2(CCCCC2)c2ccc(-c4cccc5ncccc45)cc2-3)OC1(C)C. The summed E-state index contributed by atoms with van der Waals surface area (Å²) in [4.78, 5) is 4.59. The van der Waals surface area contributed by atoms with Crippen molar-refractivity contribution in [3.05, 3.63) is 84.1 Å². The fourth-order valence-electron chi connectivity index (χ4n) is 6.86. The van der Waals surface area contributed by atoms with Crippen molar-refractivity contribution in [3.63, 3.8) is 0 Å². The molecule has 186 valence electrons. The molecule has 1 saturated heterocycles. The van der Waals surface area contributed by atoms with Gasteiger partial charge in [0.25, 0.3) is 0 Å². The van der Waals surface area contributed by atoms with E-state index in [1.165, 1.54) is 70.9 Å². The van der Waals surface area contributed by atoms with Crippen molar-refractivity contribution < 1.29 is 9.31 Å². The fraction of sp³-hybridized carbons (Fsp3) is 0.364. The summed E-state index contributed by atoms with van der Waals surface area (Å²) in [6, 6.07) is 24.8. The minimum Gasteiger partial charge on any atom is -0.399 e. The Balaban J connectivity index is 1.37. The van der Waals surface area contributed by atoms with Crippen LogP contribution in [0.15, 0.2) is 72.9 Å². The Kier molecular flexibility index (Phi) is 5.03. The molecule has 3 nitrogen and oxygen atoms in total. The Labute approximate surface area is 220 Å². The van der Waals surface area contributed by atoms with Gasteiger partial charge in [0.15, 0.2) is 0 Å². The van der Waals surface area contributed by atoms with Crippen LogP contribution in [0.1, 0.15) is 70.9 Å². The molecule has 37 heavy (non-hydrogen) atoms. The molecule has 0 amide bonds. The van der Waals surface area contributed by atoms with Gasteiger partial charge in [-0.1, -0.05) is 67.8 Å². The van der Waals surface area contributed by atoms with Gasteiger partial charge in [0.1, 0.15) is 0 Å². The van der Waals surface area contributed by atoms with Crippen LogP contribution in [-0.2, 0) is 14.7 Å². The van der Waals surface area contributed by atoms with E-state index in [-0.39, 0.29) is 23.7 Å². The van der Waals surface area contributed by atoms with Gasteiger partial charge < -0.3 is 9.31 Å². The first-order valence-electron chi connectivity index (χ1n) is 13.8. The highest BCUT2D eigenvalue weighted by atomic mass is 16.7. The molecule has 1 aliphatic heterocycles. The standard InChI is InChI=1S/C33H34BNO2/c1-31(2)32(3,4)37-34(36-31)23-14-15-25-27-20-22(24-10-8-12-30-26(24)11-9-19-35-30)13-16-28(27)33(29(25)21-23)17-6-5-7-18-33/h8-16,19-21H,5-7,17-18H2,1-4H3. The van der Waals surface area contributed by atoms with E-state index in [2.05, 4.69) is 93.3 Å². The van der Waals surface area contributed by atoms with Crippen LogP contribution in [0.4, 0.5) is 0 Å². The third-order valence-corrected chi connectivity index (χ3v) is 9.57. The topological polar surface area (TPSA) is 31.4 Å². The quantitative estimate of drug-likeness (QED) is 0.276. The highest BCUT2D eigenvalue weighted by Gasteiger charge is 2.52. The monoisotopic (exact) mass is 487 g/mol. The number of benzene rings is 3. The Hall–Kier alpha value is -2.95. The van der Waals surface area contributed by atoms with Crippen molar-refractivity contribution >= 4 is 23.5 Å². The first kappa shape index (κ1) is 23.2. The van der Waals surface area contributed by atoms with Crippen LogP contribution in [0.25, 0.3) is 33.2 Å². The molecule has 3 aromatic carbocycles. The zero-order valence-electron chi connectivity index (χ0n) is 22.3. The van der Waals surface area contributed by atoms with Crippen molar-refractivity contribution in [2.75, 3.05) is 0 Å². The van der Waals surface area contributed by atoms with E-state index < -0.39 is 0 Å². The van der Waals surface area contributed by atoms with Crippen molar-refractivity contribution in [2.45, 2.75) is 76.4 Å². The number of aromatic nitrogens is 1. The van der Waals surface area contributed by atoms with Crippen LogP contribution in [0, 0.1) is 0 Å². The van der Waals surface area contributed by atoms with Gasteiger partial charge in [-0.2, -0.15) is 0 Å². The lowest BCUT2D eigenvalue weighted by Gasteiger charge is -2.36. The molecular formula is C33H34BNO2. The van der Waals surface area contributed by atoms with E-state index in [1.807, 2.05) is 12.3 Å². The normalized spacial score (nSPS) is 20.8. The molecule has 1 saturated carbocycles. The molecular weight excluding hydrogens is 453 g/mol. The maximum absolute atomic E-state index is 6.45. The van der Waals surface area contributed by atoms with E-state index in [9.17, 15) is 0 Å². The summed E-state index contributed by atoms with van der Waals surface area (Å²) in [6.07, 6.45) is 8.15. The Morgan fingerprint density at radius 1 is 0.703 bits per heavy atom. The average molecular weight is 487 g/mol. The van der Waals surface area contributed by atoms with Crippen LogP contribution in [-0.4, -0.2) is 23.3 Å². The summed E-state index contributed by atoms with van der Waals surface area (Å²) in [7, 11) is -0.335. The van der Waals surface area contributed by atoms with Crippen LogP contribution >= 0.6 is 0 Å². The van der Waals surface area contributed by atoms with Gasteiger partial charge in [-0.15, -0.1) is 0 Å². The number of fused-ring (bicyclic) bond motifs is 6. The van der Waals surface area contributed by atoms with Crippen LogP contribution in [0.2, 0.25) is 0 Å². The Morgan fingerprint density at radius 2 is 1.49 bits per heavy atom. The molecule has 0 bridgehead atoms. The predicted molar refractivity (Wildman–Crippen MR) is 152 cm³/mol. The van der Waals surface area contributed by atoms with Crippen LogP contribution in [0.3, 0.4) is 0 Å². The minimum atomic E-state index is -0.343. The molecule has 1 spiro atoms. The molecule has 4 heteroatoms.